The van der Waals surface area contributed by atoms with Crippen molar-refractivity contribution >= 4 is 23.4 Å². The quantitative estimate of drug-likeness (QED) is 0.622. The second-order valence-corrected chi connectivity index (χ2v) is 6.31. The second kappa shape index (κ2) is 5.97. The van der Waals surface area contributed by atoms with Gasteiger partial charge in [-0.05, 0) is 13.0 Å². The Kier molecular flexibility index (Phi) is 4.46. The van der Waals surface area contributed by atoms with Gasteiger partial charge in [0.2, 0.25) is 5.82 Å². The fourth-order valence-electron chi connectivity index (χ4n) is 2.24. The summed E-state index contributed by atoms with van der Waals surface area (Å²) in [6, 6.07) is 1.27. The van der Waals surface area contributed by atoms with Crippen LogP contribution in [-0.4, -0.2) is 39.3 Å². The Hall–Kier alpha value is -1.70. The molecule has 0 spiro atoms. The van der Waals surface area contributed by atoms with Gasteiger partial charge >= 0.3 is 5.69 Å². The van der Waals surface area contributed by atoms with Gasteiger partial charge in [0.15, 0.2) is 0 Å². The number of halogens is 2. The zero-order chi connectivity index (χ0) is 15.7. The molecule has 0 radical (unpaired) electrons. The first kappa shape index (κ1) is 15.7. The molecule has 2 atom stereocenters. The van der Waals surface area contributed by atoms with Gasteiger partial charge in [0, 0.05) is 29.7 Å². The first-order chi connectivity index (χ1) is 9.84. The van der Waals surface area contributed by atoms with Gasteiger partial charge in [-0.2, -0.15) is 16.2 Å². The summed E-state index contributed by atoms with van der Waals surface area (Å²) < 4.78 is 27.9. The molecule has 1 aliphatic rings. The van der Waals surface area contributed by atoms with Crippen LogP contribution in [0.3, 0.4) is 0 Å². The predicted octanol–water partition coefficient (Wildman–Crippen LogP) is 2.84. The Morgan fingerprint density at radius 2 is 2.10 bits per heavy atom. The third kappa shape index (κ3) is 2.85. The number of carbonyl (C=O) groups excluding carboxylic acids is 1. The largest absolute Gasteiger partial charge is 0.334 e. The molecule has 2 rings (SSSR count). The maximum absolute atomic E-state index is 14.1. The second-order valence-electron chi connectivity index (χ2n) is 4.83. The van der Waals surface area contributed by atoms with Gasteiger partial charge < -0.3 is 4.90 Å². The molecule has 1 aliphatic heterocycles. The van der Waals surface area contributed by atoms with E-state index in [2.05, 4.69) is 0 Å². The zero-order valence-corrected chi connectivity index (χ0v) is 12.3. The predicted molar refractivity (Wildman–Crippen MR) is 75.4 cm³/mol. The molecule has 0 aromatic heterocycles. The fourth-order valence-corrected chi connectivity index (χ4v) is 3.34. The van der Waals surface area contributed by atoms with Gasteiger partial charge in [0.1, 0.15) is 11.4 Å². The highest BCUT2D eigenvalue weighted by atomic mass is 32.2. The van der Waals surface area contributed by atoms with Crippen LogP contribution in [0.4, 0.5) is 14.5 Å². The number of thioether (sulfide) groups is 1. The van der Waals surface area contributed by atoms with Crippen molar-refractivity contribution in [2.45, 2.75) is 25.1 Å². The van der Waals surface area contributed by atoms with Crippen LogP contribution in [-0.2, 0) is 0 Å². The summed E-state index contributed by atoms with van der Waals surface area (Å²) in [5.74, 6) is -2.67. The van der Waals surface area contributed by atoms with Crippen molar-refractivity contribution < 1.29 is 18.5 Å². The van der Waals surface area contributed by atoms with Gasteiger partial charge in [-0.25, -0.2) is 4.39 Å². The van der Waals surface area contributed by atoms with E-state index in [0.717, 1.165) is 12.1 Å². The Balaban J connectivity index is 2.43. The molecule has 114 valence electrons. The molecule has 0 N–H and O–H groups in total. The normalized spacial score (nSPS) is 22.2. The lowest BCUT2D eigenvalue weighted by molar-refractivity contribution is -0.387. The lowest BCUT2D eigenvalue weighted by atomic mass is 10.1. The summed E-state index contributed by atoms with van der Waals surface area (Å²) in [4.78, 5) is 23.5. The van der Waals surface area contributed by atoms with E-state index in [1.807, 2.05) is 6.92 Å². The Morgan fingerprint density at radius 1 is 1.43 bits per heavy atom. The Morgan fingerprint density at radius 3 is 2.71 bits per heavy atom. The van der Waals surface area contributed by atoms with Crippen LogP contribution in [0.2, 0.25) is 0 Å². The number of carbonyl (C=O) groups is 1. The van der Waals surface area contributed by atoms with Gasteiger partial charge in [0.05, 0.1) is 4.92 Å². The monoisotopic (exact) mass is 316 g/mol. The molecule has 21 heavy (non-hydrogen) atoms. The third-order valence-corrected chi connectivity index (χ3v) is 4.96. The number of hydrogen-bond acceptors (Lipinski definition) is 4. The van der Waals surface area contributed by atoms with Crippen LogP contribution >= 0.6 is 11.8 Å². The Labute approximate surface area is 124 Å². The first-order valence-corrected chi connectivity index (χ1v) is 7.44. The smallest absolute Gasteiger partial charge is 0.305 e. The number of benzene rings is 1. The summed E-state index contributed by atoms with van der Waals surface area (Å²) in [5.41, 5.74) is -1.75. The highest BCUT2D eigenvalue weighted by molar-refractivity contribution is 8.00. The van der Waals surface area contributed by atoms with Crippen LogP contribution in [0.15, 0.2) is 12.1 Å². The number of nitro benzene ring substituents is 1. The molecule has 1 fully saturated rings. The summed E-state index contributed by atoms with van der Waals surface area (Å²) in [6.07, 6.45) is 0. The molecular weight excluding hydrogens is 302 g/mol. The van der Waals surface area contributed by atoms with Crippen molar-refractivity contribution in [2.75, 3.05) is 12.3 Å². The number of hydrogen-bond donors (Lipinski definition) is 0. The maximum atomic E-state index is 14.1. The summed E-state index contributed by atoms with van der Waals surface area (Å²) in [5, 5.41) is 10.8. The van der Waals surface area contributed by atoms with Gasteiger partial charge in [-0.15, -0.1) is 0 Å². The molecule has 1 aromatic rings. The molecule has 1 heterocycles. The minimum atomic E-state index is -1.41. The van der Waals surface area contributed by atoms with Crippen LogP contribution in [0.5, 0.6) is 0 Å². The van der Waals surface area contributed by atoms with Crippen LogP contribution in [0, 0.1) is 21.7 Å². The van der Waals surface area contributed by atoms with E-state index in [0.29, 0.717) is 12.3 Å². The molecule has 1 saturated heterocycles. The van der Waals surface area contributed by atoms with E-state index in [1.54, 1.807) is 18.7 Å². The average molecular weight is 316 g/mol. The summed E-state index contributed by atoms with van der Waals surface area (Å²) in [7, 11) is 0. The minimum Gasteiger partial charge on any atom is -0.334 e. The van der Waals surface area contributed by atoms with Crippen molar-refractivity contribution in [2.24, 2.45) is 0 Å². The molecule has 1 aromatic carbocycles. The minimum absolute atomic E-state index is 0.132. The van der Waals surface area contributed by atoms with Crippen molar-refractivity contribution in [3.63, 3.8) is 0 Å². The van der Waals surface area contributed by atoms with E-state index in [9.17, 15) is 23.7 Å². The third-order valence-electron chi connectivity index (χ3n) is 3.63. The summed E-state index contributed by atoms with van der Waals surface area (Å²) >= 11 is 1.67. The number of nitrogens with zero attached hydrogens (tertiary/aromatic N) is 2. The van der Waals surface area contributed by atoms with Crippen molar-refractivity contribution in [3.05, 3.63) is 39.4 Å². The average Bonchev–Trinajstić information content (AvgIpc) is 2.41. The standard InChI is InChI=1S/C13H14F2N2O3S/c1-7-8(2)21-6-5-16(7)13(18)11-9(14)3-4-10(12(11)15)17(19)20/h3-4,7-8H,5-6H2,1-2H3. The van der Waals surface area contributed by atoms with E-state index >= 15 is 0 Å². The lowest BCUT2D eigenvalue weighted by Gasteiger charge is -2.37. The fraction of sp³-hybridized carbons (Fsp3) is 0.462. The SMILES string of the molecule is CC1SCCN(C(=O)c2c(F)ccc([N+](=O)[O-])c2F)C1C. The maximum Gasteiger partial charge on any atom is 0.305 e. The lowest BCUT2D eigenvalue weighted by Crippen LogP contribution is -2.48. The van der Waals surface area contributed by atoms with E-state index < -0.39 is 33.7 Å². The molecule has 5 nitrogen and oxygen atoms in total. The molecular formula is C13H14F2N2O3S. The van der Waals surface area contributed by atoms with E-state index in [1.165, 1.54) is 4.90 Å². The van der Waals surface area contributed by atoms with E-state index in [4.69, 9.17) is 0 Å². The molecule has 0 saturated carbocycles. The number of rotatable bonds is 2. The van der Waals surface area contributed by atoms with E-state index in [-0.39, 0.29) is 11.3 Å². The topological polar surface area (TPSA) is 63.5 Å². The van der Waals surface area contributed by atoms with Gasteiger partial charge in [0.25, 0.3) is 5.91 Å². The highest BCUT2D eigenvalue weighted by Gasteiger charge is 2.34. The Bertz CT molecular complexity index is 597. The zero-order valence-electron chi connectivity index (χ0n) is 11.5. The van der Waals surface area contributed by atoms with Crippen LogP contribution < -0.4 is 0 Å². The van der Waals surface area contributed by atoms with Crippen molar-refractivity contribution in [3.8, 4) is 0 Å². The first-order valence-electron chi connectivity index (χ1n) is 6.39. The molecule has 2 unspecified atom stereocenters. The molecule has 8 heteroatoms. The summed E-state index contributed by atoms with van der Waals surface area (Å²) in [6.45, 7) is 4.08. The van der Waals surface area contributed by atoms with Crippen LogP contribution in [0.25, 0.3) is 0 Å². The molecule has 0 aliphatic carbocycles. The number of nitro groups is 1. The number of amides is 1. The van der Waals surface area contributed by atoms with Crippen LogP contribution in [0.1, 0.15) is 24.2 Å². The van der Waals surface area contributed by atoms with Crippen molar-refractivity contribution in [1.82, 2.24) is 4.90 Å². The molecule has 1 amide bonds. The highest BCUT2D eigenvalue weighted by Crippen LogP contribution is 2.29. The van der Waals surface area contributed by atoms with Gasteiger partial charge in [-0.1, -0.05) is 6.92 Å². The van der Waals surface area contributed by atoms with Crippen molar-refractivity contribution in [1.29, 1.82) is 0 Å². The molecule has 0 bridgehead atoms. The van der Waals surface area contributed by atoms with Gasteiger partial charge in [-0.3, -0.25) is 14.9 Å².